The molecular weight excluding hydrogens is 214 g/mol. The molecule has 1 amide bonds. The molecule has 0 saturated carbocycles. The fourth-order valence-corrected chi connectivity index (χ4v) is 2.02. The van der Waals surface area contributed by atoms with E-state index in [1.807, 2.05) is 18.2 Å². The second-order valence-electron chi connectivity index (χ2n) is 4.48. The van der Waals surface area contributed by atoms with Crippen molar-refractivity contribution in [2.75, 3.05) is 19.6 Å². The predicted molar refractivity (Wildman–Crippen MR) is 66.5 cm³/mol. The van der Waals surface area contributed by atoms with Crippen molar-refractivity contribution in [3.05, 3.63) is 30.1 Å². The maximum absolute atomic E-state index is 11.6. The topological polar surface area (TPSA) is 54.0 Å². The highest BCUT2D eigenvalue weighted by Gasteiger charge is 2.14. The average molecular weight is 233 g/mol. The van der Waals surface area contributed by atoms with Crippen molar-refractivity contribution in [2.45, 2.75) is 19.3 Å². The molecule has 1 fully saturated rings. The molecule has 0 aliphatic carbocycles. The number of nitrogens with zero attached hydrogens (tertiary/aromatic N) is 1. The highest BCUT2D eigenvalue weighted by atomic mass is 16.1. The summed E-state index contributed by atoms with van der Waals surface area (Å²) in [5, 5.41) is 6.28. The van der Waals surface area contributed by atoms with E-state index >= 15 is 0 Å². The Labute approximate surface area is 102 Å². The molecule has 17 heavy (non-hydrogen) atoms. The van der Waals surface area contributed by atoms with E-state index in [0.717, 1.165) is 31.7 Å². The van der Waals surface area contributed by atoms with Crippen LogP contribution < -0.4 is 10.6 Å². The van der Waals surface area contributed by atoms with Gasteiger partial charge < -0.3 is 10.6 Å². The van der Waals surface area contributed by atoms with Crippen LogP contribution in [0.4, 0.5) is 0 Å². The van der Waals surface area contributed by atoms with Gasteiger partial charge in [0.1, 0.15) is 0 Å². The third kappa shape index (κ3) is 4.15. The van der Waals surface area contributed by atoms with Gasteiger partial charge in [0, 0.05) is 24.9 Å². The van der Waals surface area contributed by atoms with Gasteiger partial charge in [-0.15, -0.1) is 0 Å². The zero-order valence-corrected chi connectivity index (χ0v) is 9.98. The monoisotopic (exact) mass is 233 g/mol. The number of rotatable bonds is 5. The van der Waals surface area contributed by atoms with E-state index in [9.17, 15) is 4.79 Å². The molecule has 2 N–H and O–H groups in total. The van der Waals surface area contributed by atoms with Crippen LogP contribution in [-0.4, -0.2) is 30.5 Å². The number of amides is 1. The molecule has 4 nitrogen and oxygen atoms in total. The highest BCUT2D eigenvalue weighted by Crippen LogP contribution is 2.05. The number of carbonyl (C=O) groups excluding carboxylic acids is 1. The van der Waals surface area contributed by atoms with Gasteiger partial charge in [0.25, 0.3) is 0 Å². The fourth-order valence-electron chi connectivity index (χ4n) is 2.02. The van der Waals surface area contributed by atoms with E-state index in [1.54, 1.807) is 6.20 Å². The van der Waals surface area contributed by atoms with E-state index in [-0.39, 0.29) is 5.91 Å². The minimum Gasteiger partial charge on any atom is -0.356 e. The lowest BCUT2D eigenvalue weighted by Crippen LogP contribution is -2.30. The molecule has 1 aromatic heterocycles. The first-order valence-electron chi connectivity index (χ1n) is 6.22. The van der Waals surface area contributed by atoms with Crippen LogP contribution in [0.1, 0.15) is 18.5 Å². The SMILES string of the molecule is O=C(CCc1ccccn1)NCC1CCNC1. The number of aromatic nitrogens is 1. The fraction of sp³-hybridized carbons (Fsp3) is 0.538. The van der Waals surface area contributed by atoms with Crippen molar-refractivity contribution in [1.29, 1.82) is 0 Å². The van der Waals surface area contributed by atoms with Gasteiger partial charge in [0.2, 0.25) is 5.91 Å². The second-order valence-corrected chi connectivity index (χ2v) is 4.48. The Bertz CT molecular complexity index is 347. The Morgan fingerprint density at radius 1 is 1.53 bits per heavy atom. The summed E-state index contributed by atoms with van der Waals surface area (Å²) in [4.78, 5) is 15.8. The van der Waals surface area contributed by atoms with Crippen LogP contribution in [0.2, 0.25) is 0 Å². The highest BCUT2D eigenvalue weighted by molar-refractivity contribution is 5.76. The summed E-state index contributed by atoms with van der Waals surface area (Å²) in [6.45, 7) is 2.91. The van der Waals surface area contributed by atoms with Crippen molar-refractivity contribution in [3.63, 3.8) is 0 Å². The standard InChI is InChI=1S/C13H19N3O/c17-13(16-10-11-6-8-14-9-11)5-4-12-3-1-2-7-15-12/h1-3,7,11,14H,4-6,8-10H2,(H,16,17). The normalized spacial score (nSPS) is 19.2. The third-order valence-corrected chi connectivity index (χ3v) is 3.08. The number of aryl methyl sites for hydroxylation is 1. The first kappa shape index (κ1) is 12.0. The molecule has 92 valence electrons. The predicted octanol–water partition coefficient (Wildman–Crippen LogP) is 0.740. The number of nitrogens with one attached hydrogen (secondary N) is 2. The van der Waals surface area contributed by atoms with Crippen LogP contribution in [0.25, 0.3) is 0 Å². The summed E-state index contributed by atoms with van der Waals surface area (Å²) < 4.78 is 0. The van der Waals surface area contributed by atoms with Crippen molar-refractivity contribution in [2.24, 2.45) is 5.92 Å². The number of hydrogen-bond donors (Lipinski definition) is 2. The van der Waals surface area contributed by atoms with Crippen LogP contribution in [0.15, 0.2) is 24.4 Å². The molecule has 0 bridgehead atoms. The Balaban J connectivity index is 1.64. The van der Waals surface area contributed by atoms with E-state index in [0.29, 0.717) is 12.3 Å². The van der Waals surface area contributed by atoms with Crippen LogP contribution in [0, 0.1) is 5.92 Å². The molecule has 1 atom stereocenters. The molecule has 0 spiro atoms. The molecule has 2 rings (SSSR count). The summed E-state index contributed by atoms with van der Waals surface area (Å²) in [6, 6.07) is 5.79. The molecular formula is C13H19N3O. The smallest absolute Gasteiger partial charge is 0.220 e. The summed E-state index contributed by atoms with van der Waals surface area (Å²) in [5.41, 5.74) is 0.977. The van der Waals surface area contributed by atoms with Crippen molar-refractivity contribution in [3.8, 4) is 0 Å². The molecule has 4 heteroatoms. The summed E-state index contributed by atoms with van der Waals surface area (Å²) in [7, 11) is 0. The Morgan fingerprint density at radius 3 is 3.18 bits per heavy atom. The van der Waals surface area contributed by atoms with Crippen LogP contribution in [-0.2, 0) is 11.2 Å². The van der Waals surface area contributed by atoms with Crippen molar-refractivity contribution in [1.82, 2.24) is 15.6 Å². The van der Waals surface area contributed by atoms with Gasteiger partial charge in [-0.1, -0.05) is 6.07 Å². The maximum Gasteiger partial charge on any atom is 0.220 e. The number of pyridine rings is 1. The molecule has 1 unspecified atom stereocenters. The zero-order chi connectivity index (χ0) is 11.9. The van der Waals surface area contributed by atoms with Gasteiger partial charge in [-0.05, 0) is 44.0 Å². The second kappa shape index (κ2) is 6.35. The minimum absolute atomic E-state index is 0.127. The number of hydrogen-bond acceptors (Lipinski definition) is 3. The van der Waals surface area contributed by atoms with Crippen molar-refractivity contribution < 1.29 is 4.79 Å². The lowest BCUT2D eigenvalue weighted by molar-refractivity contribution is -0.121. The van der Waals surface area contributed by atoms with E-state index in [1.165, 1.54) is 6.42 Å². The van der Waals surface area contributed by atoms with Crippen molar-refractivity contribution >= 4 is 5.91 Å². The maximum atomic E-state index is 11.6. The Hall–Kier alpha value is -1.42. The molecule has 1 saturated heterocycles. The van der Waals surface area contributed by atoms with Gasteiger partial charge in [-0.2, -0.15) is 0 Å². The molecule has 0 aromatic carbocycles. The third-order valence-electron chi connectivity index (χ3n) is 3.08. The number of carbonyl (C=O) groups is 1. The lowest BCUT2D eigenvalue weighted by atomic mass is 10.1. The summed E-state index contributed by atoms with van der Waals surface area (Å²) in [5.74, 6) is 0.733. The van der Waals surface area contributed by atoms with Crippen LogP contribution >= 0.6 is 0 Å². The quantitative estimate of drug-likeness (QED) is 0.788. The van der Waals surface area contributed by atoms with Gasteiger partial charge in [-0.3, -0.25) is 9.78 Å². The van der Waals surface area contributed by atoms with Crippen LogP contribution in [0.5, 0.6) is 0 Å². The summed E-state index contributed by atoms with van der Waals surface area (Å²) >= 11 is 0. The Morgan fingerprint density at radius 2 is 2.47 bits per heavy atom. The van der Waals surface area contributed by atoms with Crippen LogP contribution in [0.3, 0.4) is 0 Å². The first-order valence-corrected chi connectivity index (χ1v) is 6.22. The first-order chi connectivity index (χ1) is 8.34. The van der Waals surface area contributed by atoms with E-state index < -0.39 is 0 Å². The Kier molecular flexibility index (Phi) is 4.50. The van der Waals surface area contributed by atoms with E-state index in [2.05, 4.69) is 15.6 Å². The molecule has 2 heterocycles. The van der Waals surface area contributed by atoms with Gasteiger partial charge >= 0.3 is 0 Å². The largest absolute Gasteiger partial charge is 0.356 e. The van der Waals surface area contributed by atoms with Gasteiger partial charge in [0.15, 0.2) is 0 Å². The van der Waals surface area contributed by atoms with Gasteiger partial charge in [0.05, 0.1) is 0 Å². The molecule has 1 aliphatic rings. The zero-order valence-electron chi connectivity index (χ0n) is 9.98. The lowest BCUT2D eigenvalue weighted by Gasteiger charge is -2.09. The average Bonchev–Trinajstić information content (AvgIpc) is 2.88. The minimum atomic E-state index is 0.127. The van der Waals surface area contributed by atoms with Gasteiger partial charge in [-0.25, -0.2) is 0 Å². The van der Waals surface area contributed by atoms with E-state index in [4.69, 9.17) is 0 Å². The molecule has 1 aromatic rings. The molecule has 0 radical (unpaired) electrons. The summed E-state index contributed by atoms with van der Waals surface area (Å²) in [6.07, 6.45) is 4.17. The molecule has 1 aliphatic heterocycles.